The van der Waals surface area contributed by atoms with Gasteiger partial charge in [0.2, 0.25) is 0 Å². The fraction of sp³-hybridized carbons (Fsp3) is 0.368. The highest BCUT2D eigenvalue weighted by atomic mass is 15.4. The molecule has 1 heterocycles. The molecule has 1 aliphatic rings. The van der Waals surface area contributed by atoms with E-state index in [2.05, 4.69) is 76.6 Å². The summed E-state index contributed by atoms with van der Waals surface area (Å²) in [6, 6.07) is 20.0. The van der Waals surface area contributed by atoms with Crippen molar-refractivity contribution in [2.45, 2.75) is 19.4 Å². The maximum atomic E-state index is 3.30. The van der Waals surface area contributed by atoms with Crippen LogP contribution in [0.2, 0.25) is 0 Å². The Morgan fingerprint density at radius 3 is 2.36 bits per heavy atom. The molecule has 0 saturated heterocycles. The normalized spacial score (nSPS) is 15.0. The lowest BCUT2D eigenvalue weighted by Crippen LogP contribution is -2.35. The Morgan fingerprint density at radius 1 is 1.00 bits per heavy atom. The van der Waals surface area contributed by atoms with Gasteiger partial charge in [0.25, 0.3) is 0 Å². The summed E-state index contributed by atoms with van der Waals surface area (Å²) in [4.78, 5) is 5.00. The molecule has 0 radical (unpaired) electrons. The van der Waals surface area contributed by atoms with Crippen LogP contribution < -0.4 is 15.1 Å². The van der Waals surface area contributed by atoms with Crippen LogP contribution in [0.1, 0.15) is 24.9 Å². The van der Waals surface area contributed by atoms with Crippen LogP contribution in [0.3, 0.4) is 0 Å². The number of para-hydroxylation sites is 2. The standard InChI is InChI=1S/C19H25N3/c1-3-21-15-22(19-12-8-7-11-18(19)21)17(13-14-20-2)16-9-5-4-6-10-16/h4-12,17,20H,3,13-15H2,1-2H3/t17-/m1/s1. The Balaban J connectivity index is 1.95. The molecule has 0 aliphatic carbocycles. The van der Waals surface area contributed by atoms with Gasteiger partial charge in [0.05, 0.1) is 24.1 Å². The Hall–Kier alpha value is -2.00. The van der Waals surface area contributed by atoms with Crippen LogP contribution in [0.15, 0.2) is 54.6 Å². The van der Waals surface area contributed by atoms with E-state index < -0.39 is 0 Å². The predicted octanol–water partition coefficient (Wildman–Crippen LogP) is 3.64. The van der Waals surface area contributed by atoms with E-state index in [1.54, 1.807) is 0 Å². The lowest BCUT2D eigenvalue weighted by atomic mass is 10.0. The topological polar surface area (TPSA) is 18.5 Å². The predicted molar refractivity (Wildman–Crippen MR) is 94.5 cm³/mol. The van der Waals surface area contributed by atoms with Gasteiger partial charge >= 0.3 is 0 Å². The van der Waals surface area contributed by atoms with Crippen LogP contribution >= 0.6 is 0 Å². The molecule has 0 aromatic heterocycles. The molecule has 0 saturated carbocycles. The highest BCUT2D eigenvalue weighted by molar-refractivity contribution is 5.76. The molecule has 3 nitrogen and oxygen atoms in total. The van der Waals surface area contributed by atoms with Crippen molar-refractivity contribution in [3.05, 3.63) is 60.2 Å². The van der Waals surface area contributed by atoms with E-state index in [0.717, 1.165) is 26.2 Å². The van der Waals surface area contributed by atoms with Crippen LogP contribution in [0.25, 0.3) is 0 Å². The van der Waals surface area contributed by atoms with Crippen molar-refractivity contribution in [1.29, 1.82) is 0 Å². The number of hydrogen-bond acceptors (Lipinski definition) is 3. The highest BCUT2D eigenvalue weighted by Gasteiger charge is 2.30. The molecule has 1 atom stereocenters. The maximum absolute atomic E-state index is 3.30. The Bertz CT molecular complexity index is 597. The number of anilines is 2. The third-order valence-corrected chi connectivity index (χ3v) is 4.46. The van der Waals surface area contributed by atoms with Crippen molar-refractivity contribution in [2.24, 2.45) is 0 Å². The Morgan fingerprint density at radius 2 is 1.68 bits per heavy atom. The second-order valence-electron chi connectivity index (χ2n) is 5.77. The van der Waals surface area contributed by atoms with Crippen molar-refractivity contribution in [1.82, 2.24) is 5.32 Å². The fourth-order valence-corrected chi connectivity index (χ4v) is 3.31. The monoisotopic (exact) mass is 295 g/mol. The van der Waals surface area contributed by atoms with Crippen LogP contribution in [-0.4, -0.2) is 26.8 Å². The van der Waals surface area contributed by atoms with Crippen molar-refractivity contribution in [3.8, 4) is 0 Å². The van der Waals surface area contributed by atoms with E-state index in [-0.39, 0.29) is 0 Å². The van der Waals surface area contributed by atoms with Crippen molar-refractivity contribution in [2.75, 3.05) is 36.6 Å². The van der Waals surface area contributed by atoms with E-state index in [1.165, 1.54) is 16.9 Å². The molecule has 116 valence electrons. The molecule has 0 bridgehead atoms. The molecule has 22 heavy (non-hydrogen) atoms. The van der Waals surface area contributed by atoms with Gasteiger partial charge in [-0.15, -0.1) is 0 Å². The summed E-state index contributed by atoms with van der Waals surface area (Å²) in [6.07, 6.45) is 1.10. The highest BCUT2D eigenvalue weighted by Crippen LogP contribution is 2.41. The third kappa shape index (κ3) is 2.81. The number of fused-ring (bicyclic) bond motifs is 1. The summed E-state index contributed by atoms with van der Waals surface area (Å²) in [5.74, 6) is 0. The van der Waals surface area contributed by atoms with Crippen LogP contribution in [-0.2, 0) is 0 Å². The van der Waals surface area contributed by atoms with Gasteiger partial charge in [0.1, 0.15) is 0 Å². The second kappa shape index (κ2) is 6.84. The van der Waals surface area contributed by atoms with Gasteiger partial charge in [-0.3, -0.25) is 0 Å². The molecule has 0 spiro atoms. The number of benzene rings is 2. The largest absolute Gasteiger partial charge is 0.352 e. The number of nitrogens with zero attached hydrogens (tertiary/aromatic N) is 2. The van der Waals surface area contributed by atoms with Crippen LogP contribution in [0.5, 0.6) is 0 Å². The molecule has 3 rings (SSSR count). The Labute approximate surface area is 133 Å². The quantitative estimate of drug-likeness (QED) is 0.878. The van der Waals surface area contributed by atoms with Gasteiger partial charge < -0.3 is 15.1 Å². The lowest BCUT2D eigenvalue weighted by Gasteiger charge is -2.31. The number of rotatable bonds is 6. The minimum absolute atomic E-state index is 0.409. The SMILES string of the molecule is CCN1CN([C@H](CCNC)c2ccccc2)c2ccccc21. The first-order valence-corrected chi connectivity index (χ1v) is 8.15. The van der Waals surface area contributed by atoms with Crippen LogP contribution in [0.4, 0.5) is 11.4 Å². The van der Waals surface area contributed by atoms with Gasteiger partial charge in [-0.05, 0) is 44.6 Å². The first-order chi connectivity index (χ1) is 10.8. The van der Waals surface area contributed by atoms with E-state index >= 15 is 0 Å². The van der Waals surface area contributed by atoms with Crippen molar-refractivity contribution >= 4 is 11.4 Å². The molecular formula is C19H25N3. The van der Waals surface area contributed by atoms with E-state index in [4.69, 9.17) is 0 Å². The number of hydrogen-bond donors (Lipinski definition) is 1. The molecule has 2 aromatic rings. The van der Waals surface area contributed by atoms with Gasteiger partial charge in [-0.1, -0.05) is 42.5 Å². The molecule has 2 aromatic carbocycles. The van der Waals surface area contributed by atoms with E-state index in [9.17, 15) is 0 Å². The zero-order chi connectivity index (χ0) is 15.4. The van der Waals surface area contributed by atoms with E-state index in [1.807, 2.05) is 7.05 Å². The van der Waals surface area contributed by atoms with Crippen molar-refractivity contribution < 1.29 is 0 Å². The first-order valence-electron chi connectivity index (χ1n) is 8.15. The molecule has 0 unspecified atom stereocenters. The molecule has 1 N–H and O–H groups in total. The van der Waals surface area contributed by atoms with Gasteiger partial charge in [-0.25, -0.2) is 0 Å². The molecular weight excluding hydrogens is 270 g/mol. The second-order valence-corrected chi connectivity index (χ2v) is 5.77. The van der Waals surface area contributed by atoms with Gasteiger partial charge in [-0.2, -0.15) is 0 Å². The molecule has 0 amide bonds. The smallest absolute Gasteiger partial charge is 0.0910 e. The molecule has 1 aliphatic heterocycles. The zero-order valence-corrected chi connectivity index (χ0v) is 13.5. The fourth-order valence-electron chi connectivity index (χ4n) is 3.31. The first kappa shape index (κ1) is 14.9. The lowest BCUT2D eigenvalue weighted by molar-refractivity contribution is 0.563. The third-order valence-electron chi connectivity index (χ3n) is 4.46. The van der Waals surface area contributed by atoms with E-state index in [0.29, 0.717) is 6.04 Å². The molecule has 3 heteroatoms. The average Bonchev–Trinajstić information content (AvgIpc) is 2.95. The summed E-state index contributed by atoms with van der Waals surface area (Å²) < 4.78 is 0. The summed E-state index contributed by atoms with van der Waals surface area (Å²) in [5, 5.41) is 3.30. The number of nitrogens with one attached hydrogen (secondary N) is 1. The van der Waals surface area contributed by atoms with Gasteiger partial charge in [0.15, 0.2) is 0 Å². The average molecular weight is 295 g/mol. The van der Waals surface area contributed by atoms with Gasteiger partial charge in [0, 0.05) is 6.54 Å². The summed E-state index contributed by atoms with van der Waals surface area (Å²) in [6.45, 7) is 5.26. The summed E-state index contributed by atoms with van der Waals surface area (Å²) in [5.41, 5.74) is 4.11. The van der Waals surface area contributed by atoms with Crippen molar-refractivity contribution in [3.63, 3.8) is 0 Å². The summed E-state index contributed by atoms with van der Waals surface area (Å²) >= 11 is 0. The van der Waals surface area contributed by atoms with Crippen LogP contribution in [0, 0.1) is 0 Å². The minimum atomic E-state index is 0.409. The maximum Gasteiger partial charge on any atom is 0.0910 e. The Kier molecular flexibility index (Phi) is 4.64. The molecule has 0 fully saturated rings. The zero-order valence-electron chi connectivity index (χ0n) is 13.5. The minimum Gasteiger partial charge on any atom is -0.352 e. The summed E-state index contributed by atoms with van der Waals surface area (Å²) in [7, 11) is 2.03.